The van der Waals surface area contributed by atoms with Gasteiger partial charge in [-0.05, 0) is 35.9 Å². The van der Waals surface area contributed by atoms with Gasteiger partial charge < -0.3 is 4.90 Å². The van der Waals surface area contributed by atoms with Crippen LogP contribution in [0.2, 0.25) is 0 Å². The fourth-order valence-electron chi connectivity index (χ4n) is 2.00. The second-order valence-electron chi connectivity index (χ2n) is 4.32. The lowest BCUT2D eigenvalue weighted by Gasteiger charge is -2.21. The van der Waals surface area contributed by atoms with E-state index in [0.717, 1.165) is 13.0 Å². The average molecular weight is 237 g/mol. The standard InChI is InChI=1S/C17H19N/c1-3-15-11-8-12-17(13-15)18(4-2)14-16-9-6-5-7-10-16/h4-13H,2-3,14H2,1H3. The van der Waals surface area contributed by atoms with Crippen LogP contribution < -0.4 is 4.90 Å². The summed E-state index contributed by atoms with van der Waals surface area (Å²) in [5.41, 5.74) is 3.85. The molecule has 0 fully saturated rings. The van der Waals surface area contributed by atoms with Crippen molar-refractivity contribution in [2.24, 2.45) is 0 Å². The molecule has 2 aromatic carbocycles. The van der Waals surface area contributed by atoms with E-state index in [4.69, 9.17) is 0 Å². The average Bonchev–Trinajstić information content (AvgIpc) is 2.46. The Morgan fingerprint density at radius 1 is 1.00 bits per heavy atom. The van der Waals surface area contributed by atoms with Crippen LogP contribution in [0.25, 0.3) is 0 Å². The van der Waals surface area contributed by atoms with Gasteiger partial charge in [0.05, 0.1) is 0 Å². The van der Waals surface area contributed by atoms with Crippen LogP contribution in [0.1, 0.15) is 18.1 Å². The van der Waals surface area contributed by atoms with Crippen molar-refractivity contribution in [3.8, 4) is 0 Å². The number of hydrogen-bond donors (Lipinski definition) is 0. The minimum Gasteiger partial charge on any atom is -0.344 e. The van der Waals surface area contributed by atoms with E-state index in [1.165, 1.54) is 16.8 Å². The lowest BCUT2D eigenvalue weighted by Crippen LogP contribution is -2.14. The van der Waals surface area contributed by atoms with Crippen LogP contribution in [-0.2, 0) is 13.0 Å². The third-order valence-electron chi connectivity index (χ3n) is 3.07. The summed E-state index contributed by atoms with van der Waals surface area (Å²) < 4.78 is 0. The topological polar surface area (TPSA) is 3.24 Å². The molecule has 0 N–H and O–H groups in total. The first-order valence-electron chi connectivity index (χ1n) is 6.35. The summed E-state index contributed by atoms with van der Waals surface area (Å²) in [4.78, 5) is 2.18. The molecule has 0 saturated heterocycles. The molecule has 92 valence electrons. The van der Waals surface area contributed by atoms with Crippen molar-refractivity contribution >= 4 is 5.69 Å². The maximum Gasteiger partial charge on any atom is 0.0475 e. The molecule has 0 amide bonds. The zero-order valence-corrected chi connectivity index (χ0v) is 10.8. The van der Waals surface area contributed by atoms with Crippen molar-refractivity contribution in [3.63, 3.8) is 0 Å². The summed E-state index contributed by atoms with van der Waals surface area (Å²) in [6.45, 7) is 6.95. The molecule has 0 spiro atoms. The molecule has 0 aliphatic carbocycles. The number of benzene rings is 2. The zero-order valence-electron chi connectivity index (χ0n) is 10.8. The molecule has 2 rings (SSSR count). The lowest BCUT2D eigenvalue weighted by molar-refractivity contribution is 0.966. The third-order valence-corrected chi connectivity index (χ3v) is 3.07. The zero-order chi connectivity index (χ0) is 12.8. The van der Waals surface area contributed by atoms with Crippen molar-refractivity contribution in [2.45, 2.75) is 19.9 Å². The predicted octanol–water partition coefficient (Wildman–Crippen LogP) is 4.40. The molecule has 0 bridgehead atoms. The number of anilines is 1. The van der Waals surface area contributed by atoms with E-state index in [0.29, 0.717) is 0 Å². The summed E-state index contributed by atoms with van der Waals surface area (Å²) in [6, 6.07) is 19.1. The van der Waals surface area contributed by atoms with Gasteiger partial charge in [-0.15, -0.1) is 0 Å². The molecular weight excluding hydrogens is 218 g/mol. The van der Waals surface area contributed by atoms with E-state index in [1.807, 2.05) is 12.3 Å². The lowest BCUT2D eigenvalue weighted by atomic mass is 10.1. The molecule has 0 unspecified atom stereocenters. The van der Waals surface area contributed by atoms with Crippen LogP contribution in [0, 0.1) is 0 Å². The van der Waals surface area contributed by atoms with E-state index in [1.54, 1.807) is 0 Å². The van der Waals surface area contributed by atoms with Crippen LogP contribution in [0.15, 0.2) is 67.4 Å². The fraction of sp³-hybridized carbons (Fsp3) is 0.176. The highest BCUT2D eigenvalue weighted by Crippen LogP contribution is 2.19. The summed E-state index contributed by atoms with van der Waals surface area (Å²) in [7, 11) is 0. The van der Waals surface area contributed by atoms with E-state index in [9.17, 15) is 0 Å². The van der Waals surface area contributed by atoms with Crippen LogP contribution >= 0.6 is 0 Å². The Hall–Kier alpha value is -2.02. The molecule has 0 radical (unpaired) electrons. The summed E-state index contributed by atoms with van der Waals surface area (Å²) in [5, 5.41) is 0. The number of rotatable bonds is 5. The van der Waals surface area contributed by atoms with Crippen molar-refractivity contribution in [3.05, 3.63) is 78.5 Å². The molecule has 0 heterocycles. The van der Waals surface area contributed by atoms with Gasteiger partial charge in [-0.3, -0.25) is 0 Å². The maximum absolute atomic E-state index is 3.91. The van der Waals surface area contributed by atoms with Gasteiger partial charge in [-0.1, -0.05) is 56.0 Å². The third kappa shape index (κ3) is 3.01. The van der Waals surface area contributed by atoms with Crippen LogP contribution in [0.4, 0.5) is 5.69 Å². The van der Waals surface area contributed by atoms with Gasteiger partial charge in [0.15, 0.2) is 0 Å². The van der Waals surface area contributed by atoms with E-state index >= 15 is 0 Å². The highest BCUT2D eigenvalue weighted by Gasteiger charge is 2.04. The van der Waals surface area contributed by atoms with Gasteiger partial charge in [0, 0.05) is 12.2 Å². The summed E-state index contributed by atoms with van der Waals surface area (Å²) >= 11 is 0. The minimum atomic E-state index is 0.859. The van der Waals surface area contributed by atoms with Crippen molar-refractivity contribution in [2.75, 3.05) is 4.90 Å². The number of hydrogen-bond acceptors (Lipinski definition) is 1. The molecule has 0 aliphatic rings. The van der Waals surface area contributed by atoms with Gasteiger partial charge >= 0.3 is 0 Å². The monoisotopic (exact) mass is 237 g/mol. The molecule has 18 heavy (non-hydrogen) atoms. The van der Waals surface area contributed by atoms with Crippen molar-refractivity contribution in [1.82, 2.24) is 0 Å². The first-order valence-corrected chi connectivity index (χ1v) is 6.35. The Kier molecular flexibility index (Phi) is 4.19. The van der Waals surface area contributed by atoms with Gasteiger partial charge in [-0.25, -0.2) is 0 Å². The van der Waals surface area contributed by atoms with Crippen LogP contribution in [0.5, 0.6) is 0 Å². The first-order chi connectivity index (χ1) is 8.83. The van der Waals surface area contributed by atoms with E-state index < -0.39 is 0 Å². The molecule has 1 nitrogen and oxygen atoms in total. The molecule has 0 atom stereocenters. The second kappa shape index (κ2) is 6.06. The normalized spacial score (nSPS) is 10.1. The van der Waals surface area contributed by atoms with E-state index in [2.05, 4.69) is 66.9 Å². The number of nitrogens with zero attached hydrogens (tertiary/aromatic N) is 1. The Labute approximate surface area is 109 Å². The molecule has 2 aromatic rings. The van der Waals surface area contributed by atoms with Crippen molar-refractivity contribution < 1.29 is 0 Å². The first kappa shape index (κ1) is 12.4. The summed E-state index contributed by atoms with van der Waals surface area (Å²) in [5.74, 6) is 0. The Morgan fingerprint density at radius 3 is 2.39 bits per heavy atom. The Morgan fingerprint density at radius 2 is 1.72 bits per heavy atom. The second-order valence-corrected chi connectivity index (χ2v) is 4.32. The van der Waals surface area contributed by atoms with E-state index in [-0.39, 0.29) is 0 Å². The Balaban J connectivity index is 2.20. The summed E-state index contributed by atoms with van der Waals surface area (Å²) in [6.07, 6.45) is 2.95. The smallest absolute Gasteiger partial charge is 0.0475 e. The molecule has 0 aromatic heterocycles. The quantitative estimate of drug-likeness (QED) is 0.745. The number of aryl methyl sites for hydroxylation is 1. The predicted molar refractivity (Wildman–Crippen MR) is 78.6 cm³/mol. The van der Waals surface area contributed by atoms with Crippen molar-refractivity contribution in [1.29, 1.82) is 0 Å². The Bertz CT molecular complexity index is 502. The fourth-order valence-corrected chi connectivity index (χ4v) is 2.00. The SMILES string of the molecule is C=CN(Cc1ccccc1)c1cccc(CC)c1. The van der Waals surface area contributed by atoms with Crippen LogP contribution in [0.3, 0.4) is 0 Å². The highest BCUT2D eigenvalue weighted by atomic mass is 15.1. The molecule has 0 aliphatic heterocycles. The molecular formula is C17H19N. The molecule has 1 heteroatoms. The molecule has 0 saturated carbocycles. The van der Waals surface area contributed by atoms with Crippen LogP contribution in [-0.4, -0.2) is 0 Å². The maximum atomic E-state index is 3.91. The largest absolute Gasteiger partial charge is 0.344 e. The van der Waals surface area contributed by atoms with Gasteiger partial charge in [-0.2, -0.15) is 0 Å². The highest BCUT2D eigenvalue weighted by molar-refractivity contribution is 5.51. The minimum absolute atomic E-state index is 0.859. The van der Waals surface area contributed by atoms with Gasteiger partial charge in [0.2, 0.25) is 0 Å². The van der Waals surface area contributed by atoms with Gasteiger partial charge in [0.1, 0.15) is 0 Å². The van der Waals surface area contributed by atoms with Gasteiger partial charge in [0.25, 0.3) is 0 Å².